The van der Waals surface area contributed by atoms with E-state index in [9.17, 15) is 9.59 Å². The summed E-state index contributed by atoms with van der Waals surface area (Å²) in [6.45, 7) is -0.0650. The SMILES string of the molecule is C#CCN(CC(=O)O)C(=O)NCc1ccsc1. The third-order valence-electron chi connectivity index (χ3n) is 1.92. The van der Waals surface area contributed by atoms with Crippen molar-refractivity contribution in [3.63, 3.8) is 0 Å². The van der Waals surface area contributed by atoms with Crippen LogP contribution in [0.5, 0.6) is 0 Å². The lowest BCUT2D eigenvalue weighted by atomic mass is 10.3. The average molecular weight is 252 g/mol. The number of carbonyl (C=O) groups excluding carboxylic acids is 1. The molecule has 0 aliphatic heterocycles. The molecule has 0 aliphatic carbocycles. The Morgan fingerprint density at radius 2 is 2.35 bits per heavy atom. The molecule has 6 heteroatoms. The molecule has 5 nitrogen and oxygen atoms in total. The lowest BCUT2D eigenvalue weighted by molar-refractivity contribution is -0.137. The van der Waals surface area contributed by atoms with E-state index < -0.39 is 18.5 Å². The van der Waals surface area contributed by atoms with Crippen LogP contribution in [0.3, 0.4) is 0 Å². The molecule has 1 heterocycles. The summed E-state index contributed by atoms with van der Waals surface area (Å²) in [5, 5.41) is 15.0. The van der Waals surface area contributed by atoms with Gasteiger partial charge in [0.15, 0.2) is 0 Å². The van der Waals surface area contributed by atoms with Crippen LogP contribution in [0.2, 0.25) is 0 Å². The number of aliphatic carboxylic acids is 1. The van der Waals surface area contributed by atoms with E-state index in [0.29, 0.717) is 6.54 Å². The number of nitrogens with zero attached hydrogens (tertiary/aromatic N) is 1. The van der Waals surface area contributed by atoms with Gasteiger partial charge in [-0.25, -0.2) is 4.79 Å². The monoisotopic (exact) mass is 252 g/mol. The zero-order chi connectivity index (χ0) is 12.7. The van der Waals surface area contributed by atoms with Gasteiger partial charge in [-0.1, -0.05) is 5.92 Å². The minimum Gasteiger partial charge on any atom is -0.480 e. The highest BCUT2D eigenvalue weighted by Crippen LogP contribution is 2.05. The Balaban J connectivity index is 2.47. The molecule has 0 saturated carbocycles. The second kappa shape index (κ2) is 6.55. The second-order valence-corrected chi connectivity index (χ2v) is 4.02. The number of terminal acetylenes is 1. The fourth-order valence-electron chi connectivity index (χ4n) is 1.16. The lowest BCUT2D eigenvalue weighted by Gasteiger charge is -2.18. The Morgan fingerprint density at radius 1 is 1.59 bits per heavy atom. The Bertz CT molecular complexity index is 422. The zero-order valence-corrected chi connectivity index (χ0v) is 9.87. The molecule has 0 fully saturated rings. The number of hydrogen-bond acceptors (Lipinski definition) is 3. The van der Waals surface area contributed by atoms with E-state index in [2.05, 4.69) is 11.2 Å². The number of rotatable bonds is 5. The van der Waals surface area contributed by atoms with E-state index in [1.807, 2.05) is 16.8 Å². The first-order valence-corrected chi connectivity index (χ1v) is 5.77. The molecular formula is C11H12N2O3S. The van der Waals surface area contributed by atoms with E-state index in [0.717, 1.165) is 10.5 Å². The van der Waals surface area contributed by atoms with Crippen LogP contribution in [0.1, 0.15) is 5.56 Å². The van der Waals surface area contributed by atoms with Gasteiger partial charge in [0.2, 0.25) is 0 Å². The number of hydrogen-bond donors (Lipinski definition) is 2. The van der Waals surface area contributed by atoms with Gasteiger partial charge in [0.25, 0.3) is 0 Å². The molecule has 0 radical (unpaired) electrons. The maximum atomic E-state index is 11.6. The molecule has 2 amide bonds. The maximum Gasteiger partial charge on any atom is 0.323 e. The highest BCUT2D eigenvalue weighted by Gasteiger charge is 2.15. The third kappa shape index (κ3) is 4.57. The minimum atomic E-state index is -1.09. The standard InChI is InChI=1S/C11H12N2O3S/c1-2-4-13(7-10(14)15)11(16)12-6-9-3-5-17-8-9/h1,3,5,8H,4,6-7H2,(H,12,16)(H,14,15). The van der Waals surface area contributed by atoms with Crippen molar-refractivity contribution in [2.24, 2.45) is 0 Å². The van der Waals surface area contributed by atoms with Gasteiger partial charge in [0.05, 0.1) is 6.54 Å². The number of nitrogens with one attached hydrogen (secondary N) is 1. The Hall–Kier alpha value is -2.00. The molecule has 2 N–H and O–H groups in total. The highest BCUT2D eigenvalue weighted by molar-refractivity contribution is 7.07. The molecule has 0 aliphatic rings. The predicted octanol–water partition coefficient (Wildman–Crippen LogP) is 0.978. The van der Waals surface area contributed by atoms with E-state index in [1.54, 1.807) is 0 Å². The summed E-state index contributed by atoms with van der Waals surface area (Å²) in [5.74, 6) is 1.16. The van der Waals surface area contributed by atoms with Crippen LogP contribution < -0.4 is 5.32 Å². The van der Waals surface area contributed by atoms with Gasteiger partial charge in [0.1, 0.15) is 6.54 Å². The smallest absolute Gasteiger partial charge is 0.323 e. The first-order valence-electron chi connectivity index (χ1n) is 4.82. The molecule has 1 aromatic heterocycles. The molecule has 1 aromatic rings. The van der Waals surface area contributed by atoms with Crippen LogP contribution in [0.25, 0.3) is 0 Å². The number of carbonyl (C=O) groups is 2. The van der Waals surface area contributed by atoms with E-state index in [1.165, 1.54) is 11.3 Å². The fourth-order valence-corrected chi connectivity index (χ4v) is 1.82. The molecule has 0 atom stereocenters. The van der Waals surface area contributed by atoms with Crippen LogP contribution in [0.15, 0.2) is 16.8 Å². The summed E-state index contributed by atoms with van der Waals surface area (Å²) in [6, 6.07) is 1.41. The normalized spacial score (nSPS) is 9.35. The van der Waals surface area contributed by atoms with Crippen molar-refractivity contribution in [1.29, 1.82) is 0 Å². The molecule has 0 unspecified atom stereocenters. The molecule has 0 aromatic carbocycles. The average Bonchev–Trinajstić information content (AvgIpc) is 2.77. The fraction of sp³-hybridized carbons (Fsp3) is 0.273. The van der Waals surface area contributed by atoms with Crippen LogP contribution in [0, 0.1) is 12.3 Å². The molecule has 1 rings (SSSR count). The first kappa shape index (κ1) is 13.1. The van der Waals surface area contributed by atoms with Crippen molar-refractivity contribution in [1.82, 2.24) is 10.2 Å². The van der Waals surface area contributed by atoms with Crippen molar-refractivity contribution in [3.05, 3.63) is 22.4 Å². The molecule has 0 saturated heterocycles. The van der Waals surface area contributed by atoms with Crippen LogP contribution in [0.4, 0.5) is 4.79 Å². The summed E-state index contributed by atoms with van der Waals surface area (Å²) in [7, 11) is 0. The van der Waals surface area contributed by atoms with Crippen LogP contribution in [-0.4, -0.2) is 35.1 Å². The molecular weight excluding hydrogens is 240 g/mol. The van der Waals surface area contributed by atoms with Crippen molar-refractivity contribution in [3.8, 4) is 12.3 Å². The van der Waals surface area contributed by atoms with Gasteiger partial charge in [-0.3, -0.25) is 4.79 Å². The lowest BCUT2D eigenvalue weighted by Crippen LogP contribution is -2.42. The maximum absolute atomic E-state index is 11.6. The third-order valence-corrected chi connectivity index (χ3v) is 2.65. The second-order valence-electron chi connectivity index (χ2n) is 3.24. The quantitative estimate of drug-likeness (QED) is 0.767. The minimum absolute atomic E-state index is 0.0260. The number of carboxylic acid groups (broad SMARTS) is 1. The number of urea groups is 1. The summed E-state index contributed by atoms with van der Waals surface area (Å²) in [5.41, 5.74) is 0.972. The molecule has 0 bridgehead atoms. The van der Waals surface area contributed by atoms with E-state index >= 15 is 0 Å². The van der Waals surface area contributed by atoms with Gasteiger partial charge in [-0.2, -0.15) is 11.3 Å². The van der Waals surface area contributed by atoms with Crippen molar-refractivity contribution < 1.29 is 14.7 Å². The molecule has 0 spiro atoms. The molecule has 17 heavy (non-hydrogen) atoms. The van der Waals surface area contributed by atoms with Crippen LogP contribution in [-0.2, 0) is 11.3 Å². The van der Waals surface area contributed by atoms with Gasteiger partial charge >= 0.3 is 12.0 Å². The van der Waals surface area contributed by atoms with Gasteiger partial charge in [-0.15, -0.1) is 6.42 Å². The summed E-state index contributed by atoms with van der Waals surface area (Å²) < 4.78 is 0. The van der Waals surface area contributed by atoms with Crippen molar-refractivity contribution in [2.75, 3.05) is 13.1 Å². The van der Waals surface area contributed by atoms with Gasteiger partial charge in [0, 0.05) is 6.54 Å². The number of amides is 2. The van der Waals surface area contributed by atoms with Crippen molar-refractivity contribution in [2.45, 2.75) is 6.54 Å². The van der Waals surface area contributed by atoms with E-state index in [4.69, 9.17) is 11.5 Å². The summed E-state index contributed by atoms with van der Waals surface area (Å²) >= 11 is 1.53. The van der Waals surface area contributed by atoms with Crippen LogP contribution >= 0.6 is 11.3 Å². The number of carboxylic acids is 1. The summed E-state index contributed by atoms with van der Waals surface area (Å²) in [4.78, 5) is 23.2. The number of thiophene rings is 1. The van der Waals surface area contributed by atoms with Gasteiger partial charge in [-0.05, 0) is 22.4 Å². The molecule has 90 valence electrons. The van der Waals surface area contributed by atoms with E-state index in [-0.39, 0.29) is 6.54 Å². The Morgan fingerprint density at radius 3 is 2.88 bits per heavy atom. The summed E-state index contributed by atoms with van der Waals surface area (Å²) in [6.07, 6.45) is 5.07. The largest absolute Gasteiger partial charge is 0.480 e. The van der Waals surface area contributed by atoms with Gasteiger partial charge < -0.3 is 15.3 Å². The Kier molecular flexibility index (Phi) is 5.04. The zero-order valence-electron chi connectivity index (χ0n) is 9.05. The predicted molar refractivity (Wildman–Crippen MR) is 64.6 cm³/mol. The van der Waals surface area contributed by atoms with Crippen molar-refractivity contribution >= 4 is 23.3 Å². The first-order chi connectivity index (χ1) is 8.13. The topological polar surface area (TPSA) is 69.6 Å². The Labute approximate surface area is 103 Å². The highest BCUT2D eigenvalue weighted by atomic mass is 32.1.